The summed E-state index contributed by atoms with van der Waals surface area (Å²) < 4.78 is 10.5. The summed E-state index contributed by atoms with van der Waals surface area (Å²) in [6.45, 7) is 0. The fourth-order valence-corrected chi connectivity index (χ4v) is 3.67. The number of ether oxygens (including phenoxy) is 2. The zero-order valence-electron chi connectivity index (χ0n) is 14.0. The van der Waals surface area contributed by atoms with Gasteiger partial charge in [0.2, 0.25) is 0 Å². The lowest BCUT2D eigenvalue weighted by atomic mass is 9.94. The van der Waals surface area contributed by atoms with Crippen LogP contribution in [0.1, 0.15) is 37.7 Å². The highest BCUT2D eigenvalue weighted by atomic mass is 32.1. The van der Waals surface area contributed by atoms with Gasteiger partial charge < -0.3 is 14.8 Å². The van der Waals surface area contributed by atoms with E-state index in [0.29, 0.717) is 22.3 Å². The molecule has 1 saturated heterocycles. The third kappa shape index (κ3) is 3.24. The van der Waals surface area contributed by atoms with Crippen molar-refractivity contribution in [2.24, 2.45) is 0 Å². The summed E-state index contributed by atoms with van der Waals surface area (Å²) in [5.74, 6) is 1.25. The highest BCUT2D eigenvalue weighted by Gasteiger charge is 2.36. The molecule has 1 saturated carbocycles. The SMILES string of the molecule is COc1ccc(C=C2NC(=S)N(C3CCCCC3)C2=O)cc1OC. The standard InChI is InChI=1S/C18H22N2O3S/c1-22-15-9-8-12(11-16(15)23-2)10-14-17(21)20(18(24)19-14)13-6-4-3-5-7-13/h8-11,13H,3-7H2,1-2H3,(H,19,24). The van der Waals surface area contributed by atoms with Gasteiger partial charge in [-0.15, -0.1) is 0 Å². The zero-order chi connectivity index (χ0) is 17.1. The molecule has 0 spiro atoms. The Bertz CT molecular complexity index is 681. The Morgan fingerprint density at radius 3 is 2.54 bits per heavy atom. The quantitative estimate of drug-likeness (QED) is 0.671. The molecule has 128 valence electrons. The molecule has 1 aliphatic carbocycles. The fraction of sp³-hybridized carbons (Fsp3) is 0.444. The molecular weight excluding hydrogens is 324 g/mol. The van der Waals surface area contributed by atoms with Gasteiger partial charge in [-0.25, -0.2) is 0 Å². The molecule has 1 heterocycles. The Balaban J connectivity index is 1.83. The Kier molecular flexibility index (Phi) is 5.04. The molecule has 0 bridgehead atoms. The van der Waals surface area contributed by atoms with Crippen molar-refractivity contribution in [2.45, 2.75) is 38.1 Å². The van der Waals surface area contributed by atoms with Crippen LogP contribution in [0.4, 0.5) is 0 Å². The number of hydrogen-bond acceptors (Lipinski definition) is 4. The highest BCUT2D eigenvalue weighted by Crippen LogP contribution is 2.30. The Labute approximate surface area is 147 Å². The number of amides is 1. The molecular formula is C18H22N2O3S. The molecule has 5 nitrogen and oxygen atoms in total. The number of thiocarbonyl (C=S) groups is 1. The highest BCUT2D eigenvalue weighted by molar-refractivity contribution is 7.80. The summed E-state index contributed by atoms with van der Waals surface area (Å²) in [7, 11) is 3.19. The Morgan fingerprint density at radius 1 is 1.17 bits per heavy atom. The molecule has 1 N–H and O–H groups in total. The number of benzene rings is 1. The predicted molar refractivity (Wildman–Crippen MR) is 97.0 cm³/mol. The molecule has 1 aromatic carbocycles. The average molecular weight is 346 g/mol. The maximum atomic E-state index is 12.7. The number of rotatable bonds is 4. The van der Waals surface area contributed by atoms with Crippen LogP contribution in [0, 0.1) is 0 Å². The second kappa shape index (κ2) is 7.21. The van der Waals surface area contributed by atoms with E-state index in [9.17, 15) is 4.79 Å². The van der Waals surface area contributed by atoms with Crippen LogP contribution in [0.3, 0.4) is 0 Å². The fourth-order valence-electron chi connectivity index (χ4n) is 3.33. The number of carbonyl (C=O) groups excluding carboxylic acids is 1. The molecule has 0 aromatic heterocycles. The second-order valence-electron chi connectivity index (χ2n) is 6.07. The molecule has 0 radical (unpaired) electrons. The molecule has 24 heavy (non-hydrogen) atoms. The van der Waals surface area contributed by atoms with E-state index < -0.39 is 0 Å². The normalized spacial score (nSPS) is 20.4. The smallest absolute Gasteiger partial charge is 0.276 e. The Hall–Kier alpha value is -2.08. The van der Waals surface area contributed by atoms with E-state index in [4.69, 9.17) is 21.7 Å². The van der Waals surface area contributed by atoms with Crippen molar-refractivity contribution in [2.75, 3.05) is 14.2 Å². The van der Waals surface area contributed by atoms with Gasteiger partial charge in [0.05, 0.1) is 14.2 Å². The molecule has 2 fully saturated rings. The molecule has 6 heteroatoms. The van der Waals surface area contributed by atoms with Crippen molar-refractivity contribution < 1.29 is 14.3 Å². The molecule has 1 aliphatic heterocycles. The van der Waals surface area contributed by atoms with Crippen LogP contribution in [0.25, 0.3) is 6.08 Å². The first-order valence-corrected chi connectivity index (χ1v) is 8.63. The first-order chi connectivity index (χ1) is 11.6. The van der Waals surface area contributed by atoms with Gasteiger partial charge in [0.1, 0.15) is 5.70 Å². The van der Waals surface area contributed by atoms with Crippen LogP contribution in [0.2, 0.25) is 0 Å². The first kappa shape index (κ1) is 16.8. The Morgan fingerprint density at radius 2 is 1.88 bits per heavy atom. The number of hydrogen-bond donors (Lipinski definition) is 1. The van der Waals surface area contributed by atoms with Gasteiger partial charge in [-0.05, 0) is 48.8 Å². The minimum absolute atomic E-state index is 0.0401. The van der Waals surface area contributed by atoms with Gasteiger partial charge in [-0.2, -0.15) is 0 Å². The molecule has 2 aliphatic rings. The summed E-state index contributed by atoms with van der Waals surface area (Å²) in [5.41, 5.74) is 1.37. The summed E-state index contributed by atoms with van der Waals surface area (Å²) in [6, 6.07) is 5.77. The van der Waals surface area contributed by atoms with E-state index >= 15 is 0 Å². The van der Waals surface area contributed by atoms with Crippen LogP contribution in [-0.4, -0.2) is 36.2 Å². The van der Waals surface area contributed by atoms with Crippen molar-refractivity contribution in [3.05, 3.63) is 29.5 Å². The van der Waals surface area contributed by atoms with Crippen molar-refractivity contribution in [3.63, 3.8) is 0 Å². The molecule has 0 unspecified atom stereocenters. The van der Waals surface area contributed by atoms with Crippen LogP contribution in [-0.2, 0) is 4.79 Å². The molecule has 3 rings (SSSR count). The van der Waals surface area contributed by atoms with E-state index in [-0.39, 0.29) is 11.9 Å². The maximum Gasteiger partial charge on any atom is 0.276 e. The number of methoxy groups -OCH3 is 2. The zero-order valence-corrected chi connectivity index (χ0v) is 14.8. The van der Waals surface area contributed by atoms with Crippen molar-refractivity contribution in [1.29, 1.82) is 0 Å². The largest absolute Gasteiger partial charge is 0.493 e. The lowest BCUT2D eigenvalue weighted by molar-refractivity contribution is -0.124. The van der Waals surface area contributed by atoms with Gasteiger partial charge in [-0.3, -0.25) is 9.69 Å². The third-order valence-corrected chi connectivity index (χ3v) is 4.87. The predicted octanol–water partition coefficient (Wildman–Crippen LogP) is 3.09. The number of nitrogens with one attached hydrogen (secondary N) is 1. The monoisotopic (exact) mass is 346 g/mol. The number of carbonyl (C=O) groups is 1. The van der Waals surface area contributed by atoms with Crippen LogP contribution in [0.5, 0.6) is 11.5 Å². The van der Waals surface area contributed by atoms with Crippen molar-refractivity contribution in [1.82, 2.24) is 10.2 Å². The molecule has 0 atom stereocenters. The van der Waals surface area contributed by atoms with Crippen LogP contribution < -0.4 is 14.8 Å². The van der Waals surface area contributed by atoms with Gasteiger partial charge >= 0.3 is 0 Å². The lowest BCUT2D eigenvalue weighted by Gasteiger charge is -2.29. The first-order valence-electron chi connectivity index (χ1n) is 8.22. The van der Waals surface area contributed by atoms with Crippen molar-refractivity contribution >= 4 is 29.3 Å². The van der Waals surface area contributed by atoms with Gasteiger partial charge in [-0.1, -0.05) is 25.3 Å². The van der Waals surface area contributed by atoms with E-state index in [2.05, 4.69) is 5.32 Å². The summed E-state index contributed by atoms with van der Waals surface area (Å²) in [5, 5.41) is 3.58. The average Bonchev–Trinajstić information content (AvgIpc) is 2.89. The summed E-state index contributed by atoms with van der Waals surface area (Å²) in [4.78, 5) is 14.5. The van der Waals surface area contributed by atoms with Crippen LogP contribution in [0.15, 0.2) is 23.9 Å². The summed E-state index contributed by atoms with van der Waals surface area (Å²) in [6.07, 6.45) is 7.42. The van der Waals surface area contributed by atoms with Gasteiger partial charge in [0, 0.05) is 6.04 Å². The van der Waals surface area contributed by atoms with Crippen molar-refractivity contribution in [3.8, 4) is 11.5 Å². The second-order valence-corrected chi connectivity index (χ2v) is 6.46. The van der Waals surface area contributed by atoms with E-state index in [1.165, 1.54) is 6.42 Å². The van der Waals surface area contributed by atoms with Gasteiger partial charge in [0.15, 0.2) is 16.6 Å². The van der Waals surface area contributed by atoms with E-state index in [0.717, 1.165) is 31.2 Å². The molecule has 1 aromatic rings. The van der Waals surface area contributed by atoms with E-state index in [1.807, 2.05) is 18.2 Å². The summed E-state index contributed by atoms with van der Waals surface area (Å²) >= 11 is 5.39. The third-order valence-electron chi connectivity index (χ3n) is 4.57. The topological polar surface area (TPSA) is 50.8 Å². The lowest BCUT2D eigenvalue weighted by Crippen LogP contribution is -2.41. The minimum atomic E-state index is -0.0401. The molecule has 1 amide bonds. The van der Waals surface area contributed by atoms with Crippen LogP contribution >= 0.6 is 12.2 Å². The maximum absolute atomic E-state index is 12.7. The van der Waals surface area contributed by atoms with Gasteiger partial charge in [0.25, 0.3) is 5.91 Å². The minimum Gasteiger partial charge on any atom is -0.493 e. The van der Waals surface area contributed by atoms with E-state index in [1.54, 1.807) is 25.2 Å². The number of nitrogens with zero attached hydrogens (tertiary/aromatic N) is 1.